The fourth-order valence-corrected chi connectivity index (χ4v) is 2.14. The van der Waals surface area contributed by atoms with E-state index in [9.17, 15) is 0 Å². The van der Waals surface area contributed by atoms with Gasteiger partial charge in [0.25, 0.3) is 0 Å². The largest absolute Gasteiger partial charge is 0.496 e. The molecule has 0 spiro atoms. The average molecular weight is 289 g/mol. The number of hydrogen-bond acceptors (Lipinski definition) is 4. The average Bonchev–Trinajstić information content (AvgIpc) is 2.95. The number of nitrogens with one attached hydrogen (secondary N) is 1. The van der Waals surface area contributed by atoms with E-state index in [-0.39, 0.29) is 6.04 Å². The first-order chi connectivity index (χ1) is 10.1. The monoisotopic (exact) mass is 289 g/mol. The van der Waals surface area contributed by atoms with Crippen LogP contribution in [0.25, 0.3) is 0 Å². The van der Waals surface area contributed by atoms with Crippen molar-refractivity contribution < 1.29 is 9.47 Å². The van der Waals surface area contributed by atoms with E-state index in [0.717, 1.165) is 22.8 Å². The van der Waals surface area contributed by atoms with Crippen molar-refractivity contribution in [1.29, 1.82) is 0 Å². The van der Waals surface area contributed by atoms with Gasteiger partial charge >= 0.3 is 0 Å². The van der Waals surface area contributed by atoms with Crippen LogP contribution in [-0.4, -0.2) is 23.9 Å². The molecule has 5 heteroatoms. The third-order valence-corrected chi connectivity index (χ3v) is 3.45. The molecule has 0 radical (unpaired) electrons. The zero-order valence-electron chi connectivity index (χ0n) is 13.3. The molecular formula is C16H23N3O2. The molecule has 1 unspecified atom stereocenters. The van der Waals surface area contributed by atoms with Crippen LogP contribution in [0.15, 0.2) is 30.6 Å². The van der Waals surface area contributed by atoms with E-state index in [1.807, 2.05) is 36.1 Å². The second kappa shape index (κ2) is 6.63. The minimum atomic E-state index is 0.122. The van der Waals surface area contributed by atoms with Crippen LogP contribution in [0.2, 0.25) is 0 Å². The highest BCUT2D eigenvalue weighted by Gasteiger charge is 2.17. The minimum Gasteiger partial charge on any atom is -0.496 e. The number of hydrogen-bond donors (Lipinski definition) is 1. The zero-order chi connectivity index (χ0) is 15.4. The Labute approximate surface area is 125 Å². The molecule has 1 aromatic heterocycles. The molecule has 5 nitrogen and oxygen atoms in total. The Kier molecular flexibility index (Phi) is 4.85. The maximum absolute atomic E-state index is 6.00. The number of nitrogens with zero attached hydrogens (tertiary/aromatic N) is 2. The minimum absolute atomic E-state index is 0.122. The van der Waals surface area contributed by atoms with Gasteiger partial charge in [-0.05, 0) is 40.0 Å². The molecule has 21 heavy (non-hydrogen) atoms. The van der Waals surface area contributed by atoms with E-state index < -0.39 is 0 Å². The first-order valence-electron chi connectivity index (χ1n) is 7.13. The molecule has 2 rings (SSSR count). The Hall–Kier alpha value is -2.01. The molecule has 1 atom stereocenters. The summed E-state index contributed by atoms with van der Waals surface area (Å²) in [5.41, 5.74) is 1.000. The Morgan fingerprint density at radius 3 is 2.48 bits per heavy atom. The predicted octanol–water partition coefficient (Wildman–Crippen LogP) is 3.55. The number of aromatic nitrogens is 2. The maximum Gasteiger partial charge on any atom is 0.165 e. The van der Waals surface area contributed by atoms with Crippen molar-refractivity contribution >= 4 is 0 Å². The third-order valence-electron chi connectivity index (χ3n) is 3.45. The molecular weight excluding hydrogens is 266 g/mol. The number of methoxy groups -OCH3 is 1. The summed E-state index contributed by atoms with van der Waals surface area (Å²) in [5, 5.41) is 7.52. The predicted molar refractivity (Wildman–Crippen MR) is 83.2 cm³/mol. The lowest BCUT2D eigenvalue weighted by Gasteiger charge is -2.18. The van der Waals surface area contributed by atoms with E-state index in [2.05, 4.69) is 31.2 Å². The van der Waals surface area contributed by atoms with Crippen molar-refractivity contribution in [2.45, 2.75) is 32.9 Å². The third kappa shape index (κ3) is 3.36. The lowest BCUT2D eigenvalue weighted by molar-refractivity contribution is 0.393. The maximum atomic E-state index is 6.00. The van der Waals surface area contributed by atoms with Crippen molar-refractivity contribution in [3.8, 4) is 17.2 Å². The molecule has 0 amide bonds. The molecule has 0 saturated heterocycles. The summed E-state index contributed by atoms with van der Waals surface area (Å²) in [6.07, 6.45) is 3.63. The lowest BCUT2D eigenvalue weighted by atomic mass is 10.1. The second-order valence-electron chi connectivity index (χ2n) is 5.23. The molecule has 0 saturated carbocycles. The smallest absolute Gasteiger partial charge is 0.165 e. The van der Waals surface area contributed by atoms with Crippen LogP contribution < -0.4 is 14.8 Å². The Morgan fingerprint density at radius 1 is 1.19 bits per heavy atom. The van der Waals surface area contributed by atoms with Crippen molar-refractivity contribution in [3.05, 3.63) is 36.2 Å². The topological polar surface area (TPSA) is 48.3 Å². The molecule has 0 bridgehead atoms. The van der Waals surface area contributed by atoms with Gasteiger partial charge in [0.05, 0.1) is 25.1 Å². The van der Waals surface area contributed by atoms with Crippen molar-refractivity contribution in [2.24, 2.45) is 0 Å². The van der Waals surface area contributed by atoms with E-state index in [1.54, 1.807) is 13.3 Å². The highest BCUT2D eigenvalue weighted by atomic mass is 16.5. The summed E-state index contributed by atoms with van der Waals surface area (Å²) in [5.74, 6) is 2.31. The van der Waals surface area contributed by atoms with E-state index in [4.69, 9.17) is 9.47 Å². The molecule has 0 aliphatic carbocycles. The van der Waals surface area contributed by atoms with Crippen LogP contribution in [0.4, 0.5) is 0 Å². The van der Waals surface area contributed by atoms with Crippen molar-refractivity contribution in [3.63, 3.8) is 0 Å². The first kappa shape index (κ1) is 15.4. The van der Waals surface area contributed by atoms with Crippen LogP contribution >= 0.6 is 0 Å². The number of ether oxygens (including phenoxy) is 2. The quantitative estimate of drug-likeness (QED) is 0.883. The first-order valence-corrected chi connectivity index (χ1v) is 7.13. The Bertz CT molecular complexity index is 593. The van der Waals surface area contributed by atoms with Gasteiger partial charge in [-0.2, -0.15) is 5.10 Å². The van der Waals surface area contributed by atoms with Crippen LogP contribution in [0.5, 0.6) is 17.2 Å². The standard InChI is InChI=1S/C16H23N3O2/c1-11(2)19-10-13(9-18-19)21-15-8-6-7-14(20-5)16(15)12(3)17-4/h6-12,17H,1-5H3. The molecule has 0 fully saturated rings. The van der Waals surface area contributed by atoms with Gasteiger partial charge in [0.15, 0.2) is 5.75 Å². The van der Waals surface area contributed by atoms with Crippen LogP contribution in [0.3, 0.4) is 0 Å². The Balaban J connectivity index is 2.34. The molecule has 2 aromatic rings. The second-order valence-corrected chi connectivity index (χ2v) is 5.23. The molecule has 1 N–H and O–H groups in total. The molecule has 114 valence electrons. The normalized spacial score (nSPS) is 12.5. The summed E-state index contributed by atoms with van der Waals surface area (Å²) in [6.45, 7) is 6.23. The van der Waals surface area contributed by atoms with Crippen molar-refractivity contribution in [1.82, 2.24) is 15.1 Å². The SMILES string of the molecule is CNC(C)c1c(OC)cccc1Oc1cnn(C(C)C)c1. The molecule has 1 aromatic carbocycles. The molecule has 0 aliphatic rings. The number of benzene rings is 1. The van der Waals surface area contributed by atoms with Crippen LogP contribution in [0, 0.1) is 0 Å². The van der Waals surface area contributed by atoms with Gasteiger partial charge < -0.3 is 14.8 Å². The zero-order valence-corrected chi connectivity index (χ0v) is 13.3. The summed E-state index contributed by atoms with van der Waals surface area (Å²) in [4.78, 5) is 0. The summed E-state index contributed by atoms with van der Waals surface area (Å²) in [6, 6.07) is 6.23. The van der Waals surface area contributed by atoms with Crippen LogP contribution in [0.1, 0.15) is 38.4 Å². The summed E-state index contributed by atoms with van der Waals surface area (Å²) < 4.78 is 13.3. The van der Waals surface area contributed by atoms with Gasteiger partial charge in [-0.1, -0.05) is 6.07 Å². The number of rotatable bonds is 6. The molecule has 1 heterocycles. The van der Waals surface area contributed by atoms with Gasteiger partial charge in [0.1, 0.15) is 11.5 Å². The van der Waals surface area contributed by atoms with Crippen LogP contribution in [-0.2, 0) is 0 Å². The highest BCUT2D eigenvalue weighted by Crippen LogP contribution is 2.36. The van der Waals surface area contributed by atoms with E-state index in [0.29, 0.717) is 6.04 Å². The fraction of sp³-hybridized carbons (Fsp3) is 0.438. The highest BCUT2D eigenvalue weighted by molar-refractivity contribution is 5.48. The van der Waals surface area contributed by atoms with Gasteiger partial charge in [-0.3, -0.25) is 4.68 Å². The molecule has 0 aliphatic heterocycles. The van der Waals surface area contributed by atoms with Gasteiger partial charge in [-0.25, -0.2) is 0 Å². The van der Waals surface area contributed by atoms with Gasteiger partial charge in [0, 0.05) is 12.1 Å². The summed E-state index contributed by atoms with van der Waals surface area (Å²) in [7, 11) is 3.58. The fourth-order valence-electron chi connectivity index (χ4n) is 2.14. The van der Waals surface area contributed by atoms with E-state index in [1.165, 1.54) is 0 Å². The van der Waals surface area contributed by atoms with E-state index >= 15 is 0 Å². The van der Waals surface area contributed by atoms with Gasteiger partial charge in [0.2, 0.25) is 0 Å². The lowest BCUT2D eigenvalue weighted by Crippen LogP contribution is -2.14. The Morgan fingerprint density at radius 2 is 1.90 bits per heavy atom. The van der Waals surface area contributed by atoms with Gasteiger partial charge in [-0.15, -0.1) is 0 Å². The summed E-state index contributed by atoms with van der Waals surface area (Å²) >= 11 is 0. The van der Waals surface area contributed by atoms with Crippen molar-refractivity contribution in [2.75, 3.05) is 14.2 Å².